The van der Waals surface area contributed by atoms with Crippen molar-refractivity contribution in [2.24, 2.45) is 11.3 Å². The zero-order valence-corrected chi connectivity index (χ0v) is 6.13. The molecule has 9 heavy (non-hydrogen) atoms. The zero-order valence-electron chi connectivity index (χ0n) is 6.13. The molecule has 1 fully saturated rings. The molecule has 0 spiro atoms. The molecule has 3 unspecified atom stereocenters. The molecule has 3 atom stereocenters. The van der Waals surface area contributed by atoms with Crippen LogP contribution in [-0.4, -0.2) is 22.4 Å². The van der Waals surface area contributed by atoms with Crippen molar-refractivity contribution < 1.29 is 10.2 Å². The summed E-state index contributed by atoms with van der Waals surface area (Å²) in [6.07, 6.45) is -1.02. The minimum atomic E-state index is -0.521. The molecular formula is C7H14O2. The normalized spacial score (nSPS) is 48.3. The van der Waals surface area contributed by atoms with Crippen LogP contribution >= 0.6 is 0 Å². The molecule has 2 heteroatoms. The molecule has 2 nitrogen and oxygen atoms in total. The predicted molar refractivity (Wildman–Crippen MR) is 35.0 cm³/mol. The summed E-state index contributed by atoms with van der Waals surface area (Å²) in [6, 6.07) is 0. The Morgan fingerprint density at radius 2 is 1.67 bits per heavy atom. The largest absolute Gasteiger partial charge is 0.390 e. The van der Waals surface area contributed by atoms with Crippen LogP contribution in [0.15, 0.2) is 0 Å². The number of hydrogen-bond donors (Lipinski definition) is 2. The highest BCUT2D eigenvalue weighted by Gasteiger charge is 2.52. The van der Waals surface area contributed by atoms with Gasteiger partial charge in [0, 0.05) is 0 Å². The van der Waals surface area contributed by atoms with Gasteiger partial charge in [0.2, 0.25) is 0 Å². The summed E-state index contributed by atoms with van der Waals surface area (Å²) in [5.74, 6) is 0.229. The fourth-order valence-corrected chi connectivity index (χ4v) is 1.30. The van der Waals surface area contributed by atoms with Crippen LogP contribution in [0, 0.1) is 11.3 Å². The van der Waals surface area contributed by atoms with Crippen LogP contribution in [0.5, 0.6) is 0 Å². The van der Waals surface area contributed by atoms with Crippen molar-refractivity contribution in [1.29, 1.82) is 0 Å². The maximum Gasteiger partial charge on any atom is 0.0856 e. The van der Waals surface area contributed by atoms with Crippen LogP contribution < -0.4 is 0 Å². The summed E-state index contributed by atoms with van der Waals surface area (Å²) in [6.45, 7) is 5.89. The van der Waals surface area contributed by atoms with Crippen molar-refractivity contribution in [3.05, 3.63) is 0 Å². The van der Waals surface area contributed by atoms with Crippen molar-refractivity contribution in [1.82, 2.24) is 0 Å². The molecule has 0 heterocycles. The van der Waals surface area contributed by atoms with Crippen LogP contribution in [-0.2, 0) is 0 Å². The standard InChI is InChI=1S/C7H14O2/c1-4-5(8)6(9)7(4,2)3/h4-6,8-9H,1-3H3. The van der Waals surface area contributed by atoms with Crippen LogP contribution in [0.2, 0.25) is 0 Å². The van der Waals surface area contributed by atoms with Gasteiger partial charge in [-0.3, -0.25) is 0 Å². The second-order valence-electron chi connectivity index (χ2n) is 3.55. The van der Waals surface area contributed by atoms with Gasteiger partial charge in [-0.25, -0.2) is 0 Å². The Hall–Kier alpha value is -0.0800. The highest BCUT2D eigenvalue weighted by Crippen LogP contribution is 2.45. The lowest BCUT2D eigenvalue weighted by atomic mass is 9.59. The lowest BCUT2D eigenvalue weighted by Gasteiger charge is -2.51. The zero-order chi connectivity index (χ0) is 7.23. The maximum atomic E-state index is 9.16. The van der Waals surface area contributed by atoms with E-state index >= 15 is 0 Å². The summed E-state index contributed by atoms with van der Waals surface area (Å²) in [4.78, 5) is 0. The molecule has 1 aliphatic rings. The van der Waals surface area contributed by atoms with E-state index in [1.165, 1.54) is 0 Å². The smallest absolute Gasteiger partial charge is 0.0856 e. The van der Waals surface area contributed by atoms with Crippen molar-refractivity contribution in [2.75, 3.05) is 0 Å². The molecule has 1 rings (SSSR count). The van der Waals surface area contributed by atoms with Gasteiger partial charge in [0.1, 0.15) is 0 Å². The monoisotopic (exact) mass is 130 g/mol. The molecule has 0 bridgehead atoms. The first-order valence-corrected chi connectivity index (χ1v) is 3.34. The van der Waals surface area contributed by atoms with Gasteiger partial charge >= 0.3 is 0 Å². The Labute approximate surface area is 55.5 Å². The fraction of sp³-hybridized carbons (Fsp3) is 1.00. The van der Waals surface area contributed by atoms with Crippen molar-refractivity contribution in [3.8, 4) is 0 Å². The van der Waals surface area contributed by atoms with Crippen LogP contribution in [0.25, 0.3) is 0 Å². The third kappa shape index (κ3) is 0.700. The summed E-state index contributed by atoms with van der Waals surface area (Å²) in [5, 5.41) is 18.2. The van der Waals surface area contributed by atoms with Crippen LogP contribution in [0.3, 0.4) is 0 Å². The number of hydrogen-bond acceptors (Lipinski definition) is 2. The van der Waals surface area contributed by atoms with E-state index in [9.17, 15) is 0 Å². The average molecular weight is 130 g/mol. The highest BCUT2D eigenvalue weighted by atomic mass is 16.3. The molecule has 0 aromatic heterocycles. The summed E-state index contributed by atoms with van der Waals surface area (Å²) in [5.41, 5.74) is -0.0839. The van der Waals surface area contributed by atoms with Crippen molar-refractivity contribution >= 4 is 0 Å². The first-order chi connectivity index (χ1) is 3.98. The molecule has 1 saturated carbocycles. The molecule has 1 aliphatic carbocycles. The van der Waals surface area contributed by atoms with Gasteiger partial charge in [-0.05, 0) is 11.3 Å². The predicted octanol–water partition coefficient (Wildman–Crippen LogP) is 0.384. The van der Waals surface area contributed by atoms with Gasteiger partial charge in [-0.15, -0.1) is 0 Å². The number of aliphatic hydroxyl groups is 2. The van der Waals surface area contributed by atoms with Crippen LogP contribution in [0.4, 0.5) is 0 Å². The molecule has 0 saturated heterocycles. The SMILES string of the molecule is CC1C(O)C(O)C1(C)C. The molecule has 54 valence electrons. The van der Waals surface area contributed by atoms with E-state index < -0.39 is 12.2 Å². The lowest BCUT2D eigenvalue weighted by molar-refractivity contribution is -0.194. The molecular weight excluding hydrogens is 116 g/mol. The van der Waals surface area contributed by atoms with Gasteiger partial charge in [0.05, 0.1) is 12.2 Å². The second kappa shape index (κ2) is 1.70. The molecule has 0 aliphatic heterocycles. The summed E-state index contributed by atoms with van der Waals surface area (Å²) >= 11 is 0. The Kier molecular flexibility index (Phi) is 1.33. The minimum Gasteiger partial charge on any atom is -0.390 e. The van der Waals surface area contributed by atoms with Gasteiger partial charge < -0.3 is 10.2 Å². The van der Waals surface area contributed by atoms with Crippen LogP contribution in [0.1, 0.15) is 20.8 Å². The second-order valence-corrected chi connectivity index (χ2v) is 3.55. The highest BCUT2D eigenvalue weighted by molar-refractivity contribution is 5.01. The number of rotatable bonds is 0. The van der Waals surface area contributed by atoms with Gasteiger partial charge in [0.25, 0.3) is 0 Å². The quantitative estimate of drug-likeness (QED) is 0.498. The lowest BCUT2D eigenvalue weighted by Crippen LogP contribution is -2.60. The molecule has 0 aromatic carbocycles. The van der Waals surface area contributed by atoms with E-state index in [4.69, 9.17) is 10.2 Å². The molecule has 2 N–H and O–H groups in total. The Morgan fingerprint density at radius 3 is 1.78 bits per heavy atom. The van der Waals surface area contributed by atoms with Gasteiger partial charge in [-0.2, -0.15) is 0 Å². The first-order valence-electron chi connectivity index (χ1n) is 3.34. The fourth-order valence-electron chi connectivity index (χ4n) is 1.30. The van der Waals surface area contributed by atoms with E-state index in [0.717, 1.165) is 0 Å². The third-order valence-electron chi connectivity index (χ3n) is 2.77. The van der Waals surface area contributed by atoms with Gasteiger partial charge in [-0.1, -0.05) is 20.8 Å². The van der Waals surface area contributed by atoms with Crippen molar-refractivity contribution in [3.63, 3.8) is 0 Å². The summed E-state index contributed by atoms with van der Waals surface area (Å²) in [7, 11) is 0. The summed E-state index contributed by atoms with van der Waals surface area (Å²) < 4.78 is 0. The molecule has 0 amide bonds. The van der Waals surface area contributed by atoms with E-state index in [1.807, 2.05) is 20.8 Å². The Bertz CT molecular complexity index is 108. The Balaban J connectivity index is 2.62. The van der Waals surface area contributed by atoms with Crippen molar-refractivity contribution in [2.45, 2.75) is 33.0 Å². The van der Waals surface area contributed by atoms with E-state index in [2.05, 4.69) is 0 Å². The van der Waals surface area contributed by atoms with E-state index in [1.54, 1.807) is 0 Å². The first kappa shape index (κ1) is 7.03. The maximum absolute atomic E-state index is 9.16. The van der Waals surface area contributed by atoms with Gasteiger partial charge in [0.15, 0.2) is 0 Å². The molecule has 0 aromatic rings. The number of aliphatic hydroxyl groups excluding tert-OH is 2. The topological polar surface area (TPSA) is 40.5 Å². The molecule has 0 radical (unpaired) electrons. The minimum absolute atomic E-state index is 0.0839. The van der Waals surface area contributed by atoms with E-state index in [0.29, 0.717) is 0 Å². The Morgan fingerprint density at radius 1 is 1.22 bits per heavy atom. The third-order valence-corrected chi connectivity index (χ3v) is 2.77. The van der Waals surface area contributed by atoms with E-state index in [-0.39, 0.29) is 11.3 Å². The average Bonchev–Trinajstić information content (AvgIpc) is 1.84.